The molecule has 0 aromatic carbocycles. The van der Waals surface area contributed by atoms with Crippen molar-refractivity contribution in [1.29, 1.82) is 0 Å². The number of rotatable bonds is 30. The second kappa shape index (κ2) is 26.9. The number of nitrogens with two attached hydrogens (primary N) is 6. The number of ether oxygens (including phenoxy) is 1. The number of hydrogen-bond donors (Lipinski definition) is 11. The van der Waals surface area contributed by atoms with E-state index in [9.17, 15) is 20.1 Å². The summed E-state index contributed by atoms with van der Waals surface area (Å²) >= 11 is 0. The Kier molecular flexibility index (Phi) is 25.9. The number of carbonyl (C=O) groups excluding carboxylic acids is 1. The molecule has 0 heterocycles. The van der Waals surface area contributed by atoms with Crippen LogP contribution in [-0.2, 0) is 9.53 Å². The van der Waals surface area contributed by atoms with Crippen LogP contribution in [0.5, 0.6) is 0 Å². The van der Waals surface area contributed by atoms with Gasteiger partial charge in [0.2, 0.25) is 0 Å². The fourth-order valence-corrected chi connectivity index (χ4v) is 5.33. The molecule has 0 radical (unpaired) electrons. The van der Waals surface area contributed by atoms with Crippen LogP contribution >= 0.6 is 0 Å². The molecule has 0 amide bonds. The summed E-state index contributed by atoms with van der Waals surface area (Å²) in [6.07, 6.45) is 2.13. The van der Waals surface area contributed by atoms with Gasteiger partial charge in [0.05, 0.1) is 13.1 Å². The smallest absolute Gasteiger partial charge is 0.449 e. The summed E-state index contributed by atoms with van der Waals surface area (Å²) < 4.78 is 7.47. The van der Waals surface area contributed by atoms with Crippen molar-refractivity contribution in [3.8, 4) is 6.57 Å². The van der Waals surface area contributed by atoms with Crippen LogP contribution in [0.25, 0.3) is 4.85 Å². The Morgan fingerprint density at radius 3 is 2.02 bits per heavy atom. The lowest BCUT2D eigenvalue weighted by Crippen LogP contribution is -2.59. The highest BCUT2D eigenvalue weighted by Gasteiger charge is 2.32. The molecule has 16 nitrogen and oxygen atoms in total. The average molecular weight is 690 g/mol. The summed E-state index contributed by atoms with van der Waals surface area (Å²) in [4.78, 5) is 18.6. The summed E-state index contributed by atoms with van der Waals surface area (Å²) in [5.74, 6) is -0.597. The fourth-order valence-electron chi connectivity index (χ4n) is 5.33. The first-order valence-electron chi connectivity index (χ1n) is 17.7. The molecule has 8 atom stereocenters. The Hall–Kier alpha value is -1.85. The van der Waals surface area contributed by atoms with E-state index in [-0.39, 0.29) is 6.17 Å². The average Bonchev–Trinajstić information content (AvgIpc) is 3.03. The molecule has 0 spiro atoms. The number of aliphatic hydroxyl groups is 3. The highest BCUT2D eigenvalue weighted by molar-refractivity contribution is 5.75. The molecule has 17 N–H and O–H groups in total. The number of esters is 1. The highest BCUT2D eigenvalue weighted by Crippen LogP contribution is 2.16. The minimum Gasteiger partial charge on any atom is -0.457 e. The van der Waals surface area contributed by atoms with Crippen LogP contribution in [-0.4, -0.2) is 119 Å². The maximum atomic E-state index is 13.0. The molecule has 0 aliphatic heterocycles. The Morgan fingerprint density at radius 2 is 1.46 bits per heavy atom. The van der Waals surface area contributed by atoms with Gasteiger partial charge in [-0.05, 0) is 56.3 Å². The fraction of sp³-hybridized carbons (Fsp3) is 0.906. The quantitative estimate of drug-likeness (QED) is 0.0141. The number of hydrogen-bond acceptors (Lipinski definition) is 14. The second-order valence-electron chi connectivity index (χ2n) is 12.8. The first kappa shape index (κ1) is 46.1. The molecular formula is C32H71N11O5+2. The molecule has 282 valence electrons. The lowest BCUT2D eigenvalue weighted by molar-refractivity contribution is -0.544. The van der Waals surface area contributed by atoms with Crippen LogP contribution in [0.3, 0.4) is 0 Å². The Morgan fingerprint density at radius 1 is 0.854 bits per heavy atom. The number of nitrogens with zero attached hydrogens (tertiary/aromatic N) is 3. The van der Waals surface area contributed by atoms with Crippen molar-refractivity contribution in [1.82, 2.24) is 15.5 Å². The predicted molar refractivity (Wildman–Crippen MR) is 191 cm³/mol. The van der Waals surface area contributed by atoms with Crippen molar-refractivity contribution < 1.29 is 29.4 Å². The minimum absolute atomic E-state index is 0.314. The molecule has 0 aromatic heterocycles. The molecule has 16 heteroatoms. The summed E-state index contributed by atoms with van der Waals surface area (Å²) in [7, 11) is 0. The van der Waals surface area contributed by atoms with Crippen molar-refractivity contribution in [3.63, 3.8) is 0 Å². The van der Waals surface area contributed by atoms with Crippen molar-refractivity contribution in [3.05, 3.63) is 4.85 Å². The van der Waals surface area contributed by atoms with Crippen molar-refractivity contribution in [2.75, 3.05) is 19.6 Å². The van der Waals surface area contributed by atoms with Gasteiger partial charge in [-0.15, -0.1) is 0 Å². The van der Waals surface area contributed by atoms with E-state index < -0.39 is 61.3 Å². The van der Waals surface area contributed by atoms with Gasteiger partial charge in [-0.25, -0.2) is 0 Å². The molecule has 0 aliphatic carbocycles. The number of carbonyl (C=O) groups is 1. The minimum atomic E-state index is -1.35. The molecule has 48 heavy (non-hydrogen) atoms. The Bertz CT molecular complexity index is 893. The number of nitrogens with one attached hydrogen (secondary N) is 2. The monoisotopic (exact) mass is 690 g/mol. The van der Waals surface area contributed by atoms with E-state index in [1.165, 1.54) is 0 Å². The zero-order valence-electron chi connectivity index (χ0n) is 29.8. The van der Waals surface area contributed by atoms with Crippen LogP contribution in [0.1, 0.15) is 104 Å². The zero-order valence-corrected chi connectivity index (χ0v) is 29.8. The summed E-state index contributed by atoms with van der Waals surface area (Å²) in [6.45, 7) is 17.0. The first-order chi connectivity index (χ1) is 22.7. The Balaban J connectivity index is 5.85. The van der Waals surface area contributed by atoms with Gasteiger partial charge in [0.25, 0.3) is 6.57 Å². The lowest BCUT2D eigenvalue weighted by atomic mass is 10.0. The number of unbranched alkanes of at least 4 members (excludes halogenated alkanes) is 4. The van der Waals surface area contributed by atoms with Crippen LogP contribution in [0.15, 0.2) is 0 Å². The van der Waals surface area contributed by atoms with Crippen molar-refractivity contribution in [2.45, 2.75) is 166 Å². The van der Waals surface area contributed by atoms with Crippen LogP contribution in [0.2, 0.25) is 0 Å². The topological polar surface area (TPSA) is 278 Å². The van der Waals surface area contributed by atoms with Crippen LogP contribution in [0.4, 0.5) is 0 Å². The number of aliphatic hydroxyl groups excluding tert-OH is 3. The lowest BCUT2D eigenvalue weighted by Gasteiger charge is -2.34. The summed E-state index contributed by atoms with van der Waals surface area (Å²) in [5, 5.41) is 39.2. The third-order valence-corrected chi connectivity index (χ3v) is 8.62. The zero-order chi connectivity index (χ0) is 36.6. The second-order valence-corrected chi connectivity index (χ2v) is 12.8. The summed E-state index contributed by atoms with van der Waals surface area (Å²) in [6, 6.07) is -2.26. The molecule has 0 saturated carbocycles. The SMILES string of the molecule is C#[N+]C(C)[N+](=C)CCCC(NC(O)C(CCCCC(N)N)OC(=O)C(N)CCCCCC)C(O)NC(CCCN(CC)C(N)N)C(N)O. The van der Waals surface area contributed by atoms with E-state index in [1.54, 1.807) is 11.5 Å². The molecular weight excluding hydrogens is 618 g/mol. The van der Waals surface area contributed by atoms with Gasteiger partial charge in [0.1, 0.15) is 50.4 Å². The van der Waals surface area contributed by atoms with Gasteiger partial charge < -0.3 is 54.5 Å². The molecule has 0 rings (SSSR count). The predicted octanol–water partition coefficient (Wildman–Crippen LogP) is -1.06. The molecule has 0 fully saturated rings. The van der Waals surface area contributed by atoms with Crippen LogP contribution < -0.4 is 45.0 Å². The Labute approximate surface area is 288 Å². The van der Waals surface area contributed by atoms with E-state index >= 15 is 0 Å². The molecule has 0 bridgehead atoms. The van der Waals surface area contributed by atoms with E-state index in [0.29, 0.717) is 77.4 Å². The maximum Gasteiger partial charge on any atom is 0.449 e. The van der Waals surface area contributed by atoms with E-state index in [4.69, 9.17) is 45.7 Å². The van der Waals surface area contributed by atoms with Crippen molar-refractivity contribution in [2.24, 2.45) is 34.4 Å². The molecule has 0 aromatic rings. The van der Waals surface area contributed by atoms with Crippen LogP contribution in [0, 0.1) is 6.57 Å². The van der Waals surface area contributed by atoms with Crippen molar-refractivity contribution >= 4 is 12.7 Å². The van der Waals surface area contributed by atoms with Gasteiger partial charge in [-0.2, -0.15) is 4.58 Å². The molecule has 0 aliphatic rings. The van der Waals surface area contributed by atoms with Gasteiger partial charge in [-0.3, -0.25) is 20.3 Å². The van der Waals surface area contributed by atoms with Gasteiger partial charge in [0, 0.05) is 25.0 Å². The third kappa shape index (κ3) is 20.6. The first-order valence-corrected chi connectivity index (χ1v) is 17.7. The molecule has 8 unspecified atom stereocenters. The van der Waals surface area contributed by atoms with Gasteiger partial charge >= 0.3 is 12.1 Å². The molecule has 0 saturated heterocycles. The van der Waals surface area contributed by atoms with Gasteiger partial charge in [-0.1, -0.05) is 46.0 Å². The largest absolute Gasteiger partial charge is 0.457 e. The summed E-state index contributed by atoms with van der Waals surface area (Å²) in [5.41, 5.74) is 35.0. The highest BCUT2D eigenvalue weighted by atomic mass is 16.6. The van der Waals surface area contributed by atoms with Gasteiger partial charge in [0.15, 0.2) is 0 Å². The van der Waals surface area contributed by atoms with E-state index in [1.807, 2.05) is 11.8 Å². The maximum absolute atomic E-state index is 13.0. The standard InChI is InChI=1S/C32H71N11O5/c1-6-8-9-10-15-23(33)31(47)48-26(18-11-12-19-27(34)35)30(46)41-25(17-13-20-42(5)22(3)39-4)29(45)40-24(28(36)44)16-14-21-43(7-2)32(37)38/h4,22-30,32,40-41,44-46H,5-21,33-38H2,1-3H3/q+2. The third-order valence-electron chi connectivity index (χ3n) is 8.62. The normalized spacial score (nSPS) is 17.0. The van der Waals surface area contributed by atoms with E-state index in [0.717, 1.165) is 25.7 Å². The van der Waals surface area contributed by atoms with E-state index in [2.05, 4.69) is 29.1 Å².